The van der Waals surface area contributed by atoms with Crippen LogP contribution in [-0.4, -0.2) is 19.0 Å². The molecule has 82 valence electrons. The molecule has 0 aromatic rings. The standard InChI is InChI=1S/C10H13NO4/c1-7(4-5-10(13)14-3)9(6-11)15-8(2)12/h4-5H2,1-3H3/b9-7-. The van der Waals surface area contributed by atoms with Gasteiger partial charge in [0.05, 0.1) is 7.11 Å². The maximum atomic E-state index is 10.8. The Bertz CT molecular complexity index is 325. The number of nitriles is 1. The van der Waals surface area contributed by atoms with Crippen molar-refractivity contribution in [2.24, 2.45) is 0 Å². The average Bonchev–Trinajstić information content (AvgIpc) is 2.21. The van der Waals surface area contributed by atoms with Gasteiger partial charge in [0.25, 0.3) is 0 Å². The van der Waals surface area contributed by atoms with E-state index in [4.69, 9.17) is 5.26 Å². The number of hydrogen-bond donors (Lipinski definition) is 0. The van der Waals surface area contributed by atoms with Crippen molar-refractivity contribution in [3.63, 3.8) is 0 Å². The lowest BCUT2D eigenvalue weighted by atomic mass is 10.1. The second-order valence-corrected chi connectivity index (χ2v) is 2.89. The third kappa shape index (κ3) is 5.47. The number of esters is 2. The molecule has 0 saturated carbocycles. The van der Waals surface area contributed by atoms with Crippen LogP contribution in [0, 0.1) is 11.3 Å². The summed E-state index contributed by atoms with van der Waals surface area (Å²) in [5.74, 6) is -0.968. The van der Waals surface area contributed by atoms with Crippen LogP contribution in [0.3, 0.4) is 0 Å². The number of rotatable bonds is 4. The molecule has 0 rings (SSSR count). The van der Waals surface area contributed by atoms with Gasteiger partial charge in [0.15, 0.2) is 0 Å². The second kappa shape index (κ2) is 6.60. The van der Waals surface area contributed by atoms with E-state index in [9.17, 15) is 9.59 Å². The second-order valence-electron chi connectivity index (χ2n) is 2.89. The molecule has 0 aliphatic rings. The molecule has 0 N–H and O–H groups in total. The molecule has 0 amide bonds. The topological polar surface area (TPSA) is 76.4 Å². The molecule has 0 heterocycles. The van der Waals surface area contributed by atoms with Gasteiger partial charge in [-0.3, -0.25) is 9.59 Å². The van der Waals surface area contributed by atoms with Crippen molar-refractivity contribution in [3.05, 3.63) is 11.3 Å². The molecule has 0 fully saturated rings. The van der Waals surface area contributed by atoms with Crippen molar-refractivity contribution < 1.29 is 19.1 Å². The lowest BCUT2D eigenvalue weighted by molar-refractivity contribution is -0.140. The van der Waals surface area contributed by atoms with Gasteiger partial charge >= 0.3 is 11.9 Å². The fraction of sp³-hybridized carbons (Fsp3) is 0.500. The summed E-state index contributed by atoms with van der Waals surface area (Å²) < 4.78 is 9.10. The first-order valence-electron chi connectivity index (χ1n) is 4.36. The summed E-state index contributed by atoms with van der Waals surface area (Å²) in [5.41, 5.74) is 0.554. The van der Waals surface area contributed by atoms with Crippen molar-refractivity contribution in [1.82, 2.24) is 0 Å². The minimum atomic E-state index is -0.552. The monoisotopic (exact) mass is 211 g/mol. The fourth-order valence-corrected chi connectivity index (χ4v) is 0.854. The average molecular weight is 211 g/mol. The van der Waals surface area contributed by atoms with Gasteiger partial charge in [0.2, 0.25) is 5.76 Å². The number of ether oxygens (including phenoxy) is 2. The quantitative estimate of drug-likeness (QED) is 0.398. The number of carbonyl (C=O) groups is 2. The molecule has 0 bridgehead atoms. The van der Waals surface area contributed by atoms with Crippen molar-refractivity contribution in [1.29, 1.82) is 5.26 Å². The van der Waals surface area contributed by atoms with E-state index in [1.165, 1.54) is 14.0 Å². The van der Waals surface area contributed by atoms with E-state index in [2.05, 4.69) is 9.47 Å². The Kier molecular flexibility index (Phi) is 5.79. The summed E-state index contributed by atoms with van der Waals surface area (Å²) >= 11 is 0. The number of nitrogens with zero attached hydrogens (tertiary/aromatic N) is 1. The summed E-state index contributed by atoms with van der Waals surface area (Å²) in [6.45, 7) is 2.84. The molecular weight excluding hydrogens is 198 g/mol. The molecule has 0 saturated heterocycles. The Morgan fingerprint density at radius 2 is 1.87 bits per heavy atom. The van der Waals surface area contributed by atoms with Crippen molar-refractivity contribution in [2.75, 3.05) is 7.11 Å². The zero-order chi connectivity index (χ0) is 11.8. The predicted octanol–water partition coefficient (Wildman–Crippen LogP) is 1.30. The molecule has 5 nitrogen and oxygen atoms in total. The minimum Gasteiger partial charge on any atom is -0.469 e. The number of carbonyl (C=O) groups excluding carboxylic acids is 2. The van der Waals surface area contributed by atoms with Crippen molar-refractivity contribution in [2.45, 2.75) is 26.7 Å². The van der Waals surface area contributed by atoms with Crippen LogP contribution < -0.4 is 0 Å². The maximum Gasteiger partial charge on any atom is 0.308 e. The van der Waals surface area contributed by atoms with Crippen LogP contribution in [0.4, 0.5) is 0 Å². The predicted molar refractivity (Wildman–Crippen MR) is 51.3 cm³/mol. The lowest BCUT2D eigenvalue weighted by Gasteiger charge is -2.04. The highest BCUT2D eigenvalue weighted by atomic mass is 16.5. The molecule has 0 unspecified atom stereocenters. The van der Waals surface area contributed by atoms with E-state index in [1.807, 2.05) is 0 Å². The van der Waals surface area contributed by atoms with E-state index >= 15 is 0 Å². The molecule has 0 atom stereocenters. The zero-order valence-electron chi connectivity index (χ0n) is 8.99. The Morgan fingerprint density at radius 1 is 1.27 bits per heavy atom. The summed E-state index contributed by atoms with van der Waals surface area (Å²) in [7, 11) is 1.29. The van der Waals surface area contributed by atoms with Crippen LogP contribution in [0.5, 0.6) is 0 Å². The molecule has 0 radical (unpaired) electrons. The van der Waals surface area contributed by atoms with E-state index in [-0.39, 0.29) is 18.1 Å². The Hall–Kier alpha value is -1.83. The molecule has 0 spiro atoms. The number of hydrogen-bond acceptors (Lipinski definition) is 5. The van der Waals surface area contributed by atoms with Crippen LogP contribution in [0.25, 0.3) is 0 Å². The van der Waals surface area contributed by atoms with Crippen molar-refractivity contribution in [3.8, 4) is 6.07 Å². The van der Waals surface area contributed by atoms with E-state index < -0.39 is 5.97 Å². The third-order valence-electron chi connectivity index (χ3n) is 1.67. The molecule has 0 aromatic heterocycles. The minimum absolute atomic E-state index is 0.0496. The summed E-state index contributed by atoms with van der Waals surface area (Å²) in [4.78, 5) is 21.4. The smallest absolute Gasteiger partial charge is 0.308 e. The highest BCUT2D eigenvalue weighted by Gasteiger charge is 2.08. The summed E-state index contributed by atoms with van der Waals surface area (Å²) in [6.07, 6.45) is 0.498. The van der Waals surface area contributed by atoms with E-state index in [0.29, 0.717) is 12.0 Å². The van der Waals surface area contributed by atoms with Gasteiger partial charge in [-0.2, -0.15) is 5.26 Å². The highest BCUT2D eigenvalue weighted by Crippen LogP contribution is 2.12. The van der Waals surface area contributed by atoms with Crippen LogP contribution in [-0.2, 0) is 19.1 Å². The zero-order valence-corrected chi connectivity index (χ0v) is 8.99. The van der Waals surface area contributed by atoms with Gasteiger partial charge in [-0.25, -0.2) is 0 Å². The van der Waals surface area contributed by atoms with Gasteiger partial charge < -0.3 is 9.47 Å². The molecule has 15 heavy (non-hydrogen) atoms. The van der Waals surface area contributed by atoms with E-state index in [0.717, 1.165) is 0 Å². The largest absolute Gasteiger partial charge is 0.469 e. The Balaban J connectivity index is 4.40. The van der Waals surface area contributed by atoms with Crippen LogP contribution in [0.15, 0.2) is 11.3 Å². The first-order chi connectivity index (χ1) is 7.01. The first kappa shape index (κ1) is 13.2. The van der Waals surface area contributed by atoms with Gasteiger partial charge in [-0.05, 0) is 18.9 Å². The number of methoxy groups -OCH3 is 1. The SMILES string of the molecule is COC(=O)CC/C(C)=C(/C#N)OC(C)=O. The van der Waals surface area contributed by atoms with Crippen LogP contribution in [0.1, 0.15) is 26.7 Å². The van der Waals surface area contributed by atoms with Gasteiger partial charge in [-0.1, -0.05) is 0 Å². The lowest BCUT2D eigenvalue weighted by Crippen LogP contribution is -2.03. The summed E-state index contributed by atoms with van der Waals surface area (Å²) in [6, 6.07) is 1.76. The highest BCUT2D eigenvalue weighted by molar-refractivity contribution is 5.70. The molecule has 0 aromatic carbocycles. The van der Waals surface area contributed by atoms with Crippen LogP contribution >= 0.6 is 0 Å². The molecule has 0 aliphatic heterocycles. The molecule has 5 heteroatoms. The summed E-state index contributed by atoms with van der Waals surface area (Å²) in [5, 5.41) is 8.67. The normalized spacial score (nSPS) is 11.1. The van der Waals surface area contributed by atoms with Crippen LogP contribution in [0.2, 0.25) is 0 Å². The number of allylic oxidation sites excluding steroid dienone is 2. The fourth-order valence-electron chi connectivity index (χ4n) is 0.854. The van der Waals surface area contributed by atoms with E-state index in [1.54, 1.807) is 13.0 Å². The molecule has 0 aliphatic carbocycles. The van der Waals surface area contributed by atoms with Crippen molar-refractivity contribution >= 4 is 11.9 Å². The Morgan fingerprint density at radius 3 is 2.27 bits per heavy atom. The third-order valence-corrected chi connectivity index (χ3v) is 1.67. The van der Waals surface area contributed by atoms with Gasteiger partial charge in [-0.15, -0.1) is 0 Å². The first-order valence-corrected chi connectivity index (χ1v) is 4.36. The van der Waals surface area contributed by atoms with Gasteiger partial charge in [0, 0.05) is 13.3 Å². The molecular formula is C10H13NO4. The maximum absolute atomic E-state index is 10.8. The Labute approximate surface area is 88.3 Å². The van der Waals surface area contributed by atoms with Gasteiger partial charge in [0.1, 0.15) is 6.07 Å².